The molecule has 88 valence electrons. The monoisotopic (exact) mass is 219 g/mol. The molecule has 1 aromatic carbocycles. The van der Waals surface area contributed by atoms with Crippen LogP contribution in [0, 0.1) is 6.92 Å². The molecule has 0 bridgehead atoms. The normalized spacial score (nSPS) is 25.6. The fraction of sp³-hybridized carbons (Fsp3) is 0.571. The van der Waals surface area contributed by atoms with E-state index in [0.29, 0.717) is 12.1 Å². The third-order valence-corrected chi connectivity index (χ3v) is 3.16. The quantitative estimate of drug-likeness (QED) is 0.844. The lowest BCUT2D eigenvalue weighted by Crippen LogP contribution is -2.37. The second kappa shape index (κ2) is 5.46. The van der Waals surface area contributed by atoms with Gasteiger partial charge >= 0.3 is 0 Å². The van der Waals surface area contributed by atoms with Crippen molar-refractivity contribution in [3.05, 3.63) is 35.4 Å². The van der Waals surface area contributed by atoms with E-state index >= 15 is 0 Å². The van der Waals surface area contributed by atoms with Crippen molar-refractivity contribution in [2.45, 2.75) is 45.4 Å². The maximum atomic E-state index is 5.54. The Morgan fingerprint density at radius 1 is 1.44 bits per heavy atom. The van der Waals surface area contributed by atoms with Crippen LogP contribution in [0.4, 0.5) is 0 Å². The Morgan fingerprint density at radius 2 is 2.31 bits per heavy atom. The number of rotatable bonds is 3. The van der Waals surface area contributed by atoms with E-state index < -0.39 is 0 Å². The van der Waals surface area contributed by atoms with Gasteiger partial charge in [-0.15, -0.1) is 0 Å². The molecule has 1 aromatic rings. The van der Waals surface area contributed by atoms with E-state index in [9.17, 15) is 0 Å². The number of ether oxygens (including phenoxy) is 1. The maximum absolute atomic E-state index is 5.54. The standard InChI is InChI=1S/C14H21NO/c1-11-4-3-5-13(8-11)10-15-14-6-7-16-12(2)9-14/h3-5,8,12,14-15H,6-7,9-10H2,1-2H3. The predicted molar refractivity (Wildman–Crippen MR) is 66.5 cm³/mol. The van der Waals surface area contributed by atoms with Crippen LogP contribution in [0.25, 0.3) is 0 Å². The highest BCUT2D eigenvalue weighted by molar-refractivity contribution is 5.22. The summed E-state index contributed by atoms with van der Waals surface area (Å²) in [6, 6.07) is 9.31. The minimum Gasteiger partial charge on any atom is -0.378 e. The zero-order chi connectivity index (χ0) is 11.4. The molecule has 0 amide bonds. The highest BCUT2D eigenvalue weighted by Gasteiger charge is 2.18. The highest BCUT2D eigenvalue weighted by atomic mass is 16.5. The second-order valence-electron chi connectivity index (χ2n) is 4.77. The molecular weight excluding hydrogens is 198 g/mol. The molecule has 0 radical (unpaired) electrons. The van der Waals surface area contributed by atoms with Gasteiger partial charge in [-0.05, 0) is 32.3 Å². The van der Waals surface area contributed by atoms with Crippen molar-refractivity contribution >= 4 is 0 Å². The summed E-state index contributed by atoms with van der Waals surface area (Å²) in [5.41, 5.74) is 2.71. The third-order valence-electron chi connectivity index (χ3n) is 3.16. The van der Waals surface area contributed by atoms with Gasteiger partial charge in [0.2, 0.25) is 0 Å². The minimum absolute atomic E-state index is 0.406. The maximum Gasteiger partial charge on any atom is 0.0561 e. The SMILES string of the molecule is Cc1cccc(CNC2CCOC(C)C2)c1. The van der Waals surface area contributed by atoms with Gasteiger partial charge in [-0.2, -0.15) is 0 Å². The smallest absolute Gasteiger partial charge is 0.0561 e. The van der Waals surface area contributed by atoms with Crippen molar-refractivity contribution in [2.24, 2.45) is 0 Å². The molecule has 1 heterocycles. The molecule has 2 atom stereocenters. The summed E-state index contributed by atoms with van der Waals surface area (Å²) in [4.78, 5) is 0. The number of aryl methyl sites for hydroxylation is 1. The van der Waals surface area contributed by atoms with Gasteiger partial charge in [0, 0.05) is 19.2 Å². The van der Waals surface area contributed by atoms with Crippen LogP contribution in [0.5, 0.6) is 0 Å². The predicted octanol–water partition coefficient (Wildman–Crippen LogP) is 2.65. The molecule has 2 unspecified atom stereocenters. The molecule has 2 rings (SSSR count). The first-order valence-corrected chi connectivity index (χ1v) is 6.14. The Kier molecular flexibility index (Phi) is 3.97. The van der Waals surface area contributed by atoms with Crippen LogP contribution in [-0.4, -0.2) is 18.8 Å². The Bertz CT molecular complexity index is 337. The van der Waals surface area contributed by atoms with E-state index in [1.54, 1.807) is 0 Å². The van der Waals surface area contributed by atoms with Crippen LogP contribution in [0.3, 0.4) is 0 Å². The van der Waals surface area contributed by atoms with E-state index in [0.717, 1.165) is 26.0 Å². The molecule has 2 heteroatoms. The number of hydrogen-bond acceptors (Lipinski definition) is 2. The largest absolute Gasteiger partial charge is 0.378 e. The van der Waals surface area contributed by atoms with Gasteiger partial charge < -0.3 is 10.1 Å². The topological polar surface area (TPSA) is 21.3 Å². The molecule has 0 saturated carbocycles. The van der Waals surface area contributed by atoms with Crippen molar-refractivity contribution in [3.8, 4) is 0 Å². The third kappa shape index (κ3) is 3.32. The fourth-order valence-electron chi connectivity index (χ4n) is 2.27. The van der Waals surface area contributed by atoms with E-state index in [1.807, 2.05) is 0 Å². The first kappa shape index (κ1) is 11.6. The van der Waals surface area contributed by atoms with Crippen LogP contribution in [0.2, 0.25) is 0 Å². The first-order valence-electron chi connectivity index (χ1n) is 6.14. The summed E-state index contributed by atoms with van der Waals surface area (Å²) in [7, 11) is 0. The van der Waals surface area contributed by atoms with E-state index in [-0.39, 0.29) is 0 Å². The Balaban J connectivity index is 1.82. The molecule has 0 aromatic heterocycles. The summed E-state index contributed by atoms with van der Waals surface area (Å²) in [5, 5.41) is 3.62. The van der Waals surface area contributed by atoms with E-state index in [1.165, 1.54) is 11.1 Å². The Morgan fingerprint density at radius 3 is 3.06 bits per heavy atom. The van der Waals surface area contributed by atoms with Gasteiger partial charge in [0.1, 0.15) is 0 Å². The second-order valence-corrected chi connectivity index (χ2v) is 4.77. The van der Waals surface area contributed by atoms with Crippen LogP contribution in [0.1, 0.15) is 30.9 Å². The molecule has 16 heavy (non-hydrogen) atoms. The van der Waals surface area contributed by atoms with Crippen molar-refractivity contribution < 1.29 is 4.74 Å². The van der Waals surface area contributed by atoms with Crippen molar-refractivity contribution in [3.63, 3.8) is 0 Å². The average Bonchev–Trinajstić information content (AvgIpc) is 2.27. The first-order chi connectivity index (χ1) is 7.74. The summed E-state index contributed by atoms with van der Waals surface area (Å²) in [6.07, 6.45) is 2.67. The van der Waals surface area contributed by atoms with Crippen LogP contribution in [0.15, 0.2) is 24.3 Å². The zero-order valence-corrected chi connectivity index (χ0v) is 10.2. The zero-order valence-electron chi connectivity index (χ0n) is 10.2. The summed E-state index contributed by atoms with van der Waals surface area (Å²) in [6.45, 7) is 6.16. The molecule has 1 N–H and O–H groups in total. The van der Waals surface area contributed by atoms with Crippen LogP contribution >= 0.6 is 0 Å². The Hall–Kier alpha value is -0.860. The van der Waals surface area contributed by atoms with Gasteiger partial charge in [0.25, 0.3) is 0 Å². The highest BCUT2D eigenvalue weighted by Crippen LogP contribution is 2.14. The van der Waals surface area contributed by atoms with Gasteiger partial charge in [-0.25, -0.2) is 0 Å². The number of benzene rings is 1. The van der Waals surface area contributed by atoms with Crippen molar-refractivity contribution in [1.29, 1.82) is 0 Å². The molecular formula is C14H21NO. The van der Waals surface area contributed by atoms with Gasteiger partial charge in [0.05, 0.1) is 6.10 Å². The van der Waals surface area contributed by atoms with Crippen LogP contribution in [-0.2, 0) is 11.3 Å². The van der Waals surface area contributed by atoms with Crippen LogP contribution < -0.4 is 5.32 Å². The van der Waals surface area contributed by atoms with Gasteiger partial charge in [-0.3, -0.25) is 0 Å². The summed E-state index contributed by atoms with van der Waals surface area (Å²) in [5.74, 6) is 0. The molecule has 2 nitrogen and oxygen atoms in total. The van der Waals surface area contributed by atoms with Gasteiger partial charge in [-0.1, -0.05) is 29.8 Å². The lowest BCUT2D eigenvalue weighted by molar-refractivity contribution is 0.0130. The van der Waals surface area contributed by atoms with Gasteiger partial charge in [0.15, 0.2) is 0 Å². The summed E-state index contributed by atoms with van der Waals surface area (Å²) < 4.78 is 5.54. The van der Waals surface area contributed by atoms with Crippen molar-refractivity contribution in [1.82, 2.24) is 5.32 Å². The van der Waals surface area contributed by atoms with E-state index in [2.05, 4.69) is 43.4 Å². The molecule has 1 saturated heterocycles. The number of nitrogens with one attached hydrogen (secondary N) is 1. The fourth-order valence-corrected chi connectivity index (χ4v) is 2.27. The molecule has 0 aliphatic carbocycles. The lowest BCUT2D eigenvalue weighted by Gasteiger charge is -2.28. The van der Waals surface area contributed by atoms with E-state index in [4.69, 9.17) is 4.74 Å². The lowest BCUT2D eigenvalue weighted by atomic mass is 10.0. The Labute approximate surface area is 98.0 Å². The molecule has 0 spiro atoms. The molecule has 1 fully saturated rings. The molecule has 1 aliphatic rings. The summed E-state index contributed by atoms with van der Waals surface area (Å²) >= 11 is 0. The molecule has 1 aliphatic heterocycles. The number of hydrogen-bond donors (Lipinski definition) is 1. The minimum atomic E-state index is 0.406. The van der Waals surface area contributed by atoms with Crippen molar-refractivity contribution in [2.75, 3.05) is 6.61 Å². The average molecular weight is 219 g/mol.